The number of para-hydroxylation sites is 1. The molecule has 1 amide bonds. The smallest absolute Gasteiger partial charge is 0.262 e. The Morgan fingerprint density at radius 3 is 2.63 bits per heavy atom. The Balaban J connectivity index is 1.39. The molecule has 134 valence electrons. The van der Waals surface area contributed by atoms with Gasteiger partial charge in [0.15, 0.2) is 6.61 Å². The van der Waals surface area contributed by atoms with Crippen LogP contribution in [0.3, 0.4) is 0 Å². The predicted molar refractivity (Wildman–Crippen MR) is 110 cm³/mol. The lowest BCUT2D eigenvalue weighted by Crippen LogP contribution is -2.20. The highest BCUT2D eigenvalue weighted by Gasteiger charge is 2.07. The fraction of sp³-hybridized carbons (Fsp3) is 0.0909. The first kappa shape index (κ1) is 17.2. The molecule has 0 radical (unpaired) electrons. The van der Waals surface area contributed by atoms with Crippen molar-refractivity contribution >= 4 is 33.1 Å². The molecule has 0 fully saturated rings. The minimum Gasteiger partial charge on any atom is -0.484 e. The SMILES string of the molecule is Cc1cccc(OCC(=O)Nc2ccc(-c3nc4ccccc4s3)cc2)c1. The summed E-state index contributed by atoms with van der Waals surface area (Å²) in [5, 5.41) is 3.82. The van der Waals surface area contributed by atoms with E-state index in [0.717, 1.165) is 32.0 Å². The Morgan fingerprint density at radius 1 is 1.04 bits per heavy atom. The third-order valence-electron chi connectivity index (χ3n) is 4.07. The van der Waals surface area contributed by atoms with Gasteiger partial charge in [-0.1, -0.05) is 24.3 Å². The van der Waals surface area contributed by atoms with Gasteiger partial charge in [-0.25, -0.2) is 4.98 Å². The van der Waals surface area contributed by atoms with Crippen molar-refractivity contribution in [2.24, 2.45) is 0 Å². The van der Waals surface area contributed by atoms with Crippen molar-refractivity contribution in [3.8, 4) is 16.3 Å². The molecule has 5 heteroatoms. The van der Waals surface area contributed by atoms with E-state index in [9.17, 15) is 4.79 Å². The average molecular weight is 374 g/mol. The quantitative estimate of drug-likeness (QED) is 0.516. The number of carbonyl (C=O) groups excluding carboxylic acids is 1. The van der Waals surface area contributed by atoms with Gasteiger partial charge in [-0.2, -0.15) is 0 Å². The van der Waals surface area contributed by atoms with E-state index in [2.05, 4.69) is 16.4 Å². The Bertz CT molecular complexity index is 1050. The van der Waals surface area contributed by atoms with Gasteiger partial charge < -0.3 is 10.1 Å². The van der Waals surface area contributed by atoms with Crippen LogP contribution in [0.15, 0.2) is 72.8 Å². The van der Waals surface area contributed by atoms with Gasteiger partial charge in [-0.05, 0) is 61.0 Å². The van der Waals surface area contributed by atoms with Gasteiger partial charge in [0, 0.05) is 11.3 Å². The van der Waals surface area contributed by atoms with Gasteiger partial charge in [-0.15, -0.1) is 11.3 Å². The summed E-state index contributed by atoms with van der Waals surface area (Å²) in [6.07, 6.45) is 0. The van der Waals surface area contributed by atoms with Crippen molar-refractivity contribution in [1.29, 1.82) is 0 Å². The van der Waals surface area contributed by atoms with Crippen LogP contribution < -0.4 is 10.1 Å². The minimum absolute atomic E-state index is 0.0247. The van der Waals surface area contributed by atoms with Crippen molar-refractivity contribution in [2.45, 2.75) is 6.92 Å². The summed E-state index contributed by atoms with van der Waals surface area (Å²) in [5.41, 5.74) is 3.87. The maximum Gasteiger partial charge on any atom is 0.262 e. The molecule has 4 nitrogen and oxygen atoms in total. The molecule has 0 aliphatic rings. The van der Waals surface area contributed by atoms with Crippen LogP contribution in [0, 0.1) is 6.92 Å². The number of hydrogen-bond acceptors (Lipinski definition) is 4. The van der Waals surface area contributed by atoms with E-state index in [1.165, 1.54) is 0 Å². The van der Waals surface area contributed by atoms with Crippen LogP contribution >= 0.6 is 11.3 Å². The Labute approximate surface area is 161 Å². The zero-order valence-corrected chi connectivity index (χ0v) is 15.6. The van der Waals surface area contributed by atoms with E-state index in [0.29, 0.717) is 5.75 Å². The maximum absolute atomic E-state index is 12.1. The number of fused-ring (bicyclic) bond motifs is 1. The fourth-order valence-corrected chi connectivity index (χ4v) is 3.71. The number of nitrogens with one attached hydrogen (secondary N) is 1. The van der Waals surface area contributed by atoms with E-state index in [1.807, 2.05) is 73.7 Å². The molecule has 3 aromatic carbocycles. The van der Waals surface area contributed by atoms with Crippen LogP contribution in [0.4, 0.5) is 5.69 Å². The number of benzene rings is 3. The van der Waals surface area contributed by atoms with Crippen LogP contribution in [-0.2, 0) is 4.79 Å². The first-order chi connectivity index (χ1) is 13.2. The number of rotatable bonds is 5. The van der Waals surface area contributed by atoms with Gasteiger partial charge in [0.2, 0.25) is 0 Å². The van der Waals surface area contributed by atoms with Crippen LogP contribution in [0.1, 0.15) is 5.56 Å². The summed E-state index contributed by atoms with van der Waals surface area (Å²) >= 11 is 1.66. The first-order valence-corrected chi connectivity index (χ1v) is 9.44. The topological polar surface area (TPSA) is 51.2 Å². The van der Waals surface area contributed by atoms with Crippen LogP contribution in [0.25, 0.3) is 20.8 Å². The number of hydrogen-bond donors (Lipinski definition) is 1. The number of nitrogens with zero attached hydrogens (tertiary/aromatic N) is 1. The van der Waals surface area contributed by atoms with E-state index >= 15 is 0 Å². The van der Waals surface area contributed by atoms with Crippen LogP contribution in [0.5, 0.6) is 5.75 Å². The molecule has 4 rings (SSSR count). The standard InChI is InChI=1S/C22H18N2O2S/c1-15-5-4-6-18(13-15)26-14-21(25)23-17-11-9-16(10-12-17)22-24-19-7-2-3-8-20(19)27-22/h2-13H,14H2,1H3,(H,23,25). The largest absolute Gasteiger partial charge is 0.484 e. The Hall–Kier alpha value is -3.18. The summed E-state index contributed by atoms with van der Waals surface area (Å²) in [7, 11) is 0. The third kappa shape index (κ3) is 4.15. The zero-order chi connectivity index (χ0) is 18.6. The van der Waals surface area contributed by atoms with Crippen molar-refractivity contribution in [3.05, 3.63) is 78.4 Å². The summed E-state index contributed by atoms with van der Waals surface area (Å²) in [4.78, 5) is 16.8. The molecule has 0 bridgehead atoms. The summed E-state index contributed by atoms with van der Waals surface area (Å²) in [6, 6.07) is 23.4. The number of ether oxygens (including phenoxy) is 1. The lowest BCUT2D eigenvalue weighted by Gasteiger charge is -2.08. The molecule has 0 atom stereocenters. The van der Waals surface area contributed by atoms with Gasteiger partial charge >= 0.3 is 0 Å². The normalized spacial score (nSPS) is 10.7. The summed E-state index contributed by atoms with van der Waals surface area (Å²) in [5.74, 6) is 0.501. The van der Waals surface area contributed by atoms with Crippen LogP contribution in [-0.4, -0.2) is 17.5 Å². The molecule has 0 saturated heterocycles. The van der Waals surface area contributed by atoms with E-state index in [-0.39, 0.29) is 12.5 Å². The molecule has 4 aromatic rings. The lowest BCUT2D eigenvalue weighted by atomic mass is 10.2. The van der Waals surface area contributed by atoms with Gasteiger partial charge in [0.1, 0.15) is 10.8 Å². The lowest BCUT2D eigenvalue weighted by molar-refractivity contribution is -0.118. The molecule has 1 N–H and O–H groups in total. The average Bonchev–Trinajstić information content (AvgIpc) is 3.11. The predicted octanol–water partition coefficient (Wildman–Crippen LogP) is 5.29. The van der Waals surface area contributed by atoms with Crippen molar-refractivity contribution in [2.75, 3.05) is 11.9 Å². The number of thiazole rings is 1. The Kier molecular flexibility index (Phi) is 4.85. The highest BCUT2D eigenvalue weighted by Crippen LogP contribution is 2.30. The molecular weight excluding hydrogens is 356 g/mol. The second-order valence-electron chi connectivity index (χ2n) is 6.22. The molecule has 27 heavy (non-hydrogen) atoms. The van der Waals surface area contributed by atoms with E-state index in [1.54, 1.807) is 11.3 Å². The van der Waals surface area contributed by atoms with E-state index in [4.69, 9.17) is 4.74 Å². The van der Waals surface area contributed by atoms with E-state index < -0.39 is 0 Å². The molecule has 0 saturated carbocycles. The molecule has 1 aromatic heterocycles. The molecule has 0 unspecified atom stereocenters. The number of aryl methyl sites for hydroxylation is 1. The number of aromatic nitrogens is 1. The number of carbonyl (C=O) groups is 1. The number of amides is 1. The van der Waals surface area contributed by atoms with Crippen LogP contribution in [0.2, 0.25) is 0 Å². The third-order valence-corrected chi connectivity index (χ3v) is 5.15. The van der Waals surface area contributed by atoms with Gasteiger partial charge in [0.05, 0.1) is 10.2 Å². The highest BCUT2D eigenvalue weighted by atomic mass is 32.1. The molecule has 0 spiro atoms. The molecule has 0 aliphatic heterocycles. The number of anilines is 1. The van der Waals surface area contributed by atoms with Gasteiger partial charge in [-0.3, -0.25) is 4.79 Å². The van der Waals surface area contributed by atoms with Gasteiger partial charge in [0.25, 0.3) is 5.91 Å². The highest BCUT2D eigenvalue weighted by molar-refractivity contribution is 7.21. The second kappa shape index (κ2) is 7.60. The maximum atomic E-state index is 12.1. The fourth-order valence-electron chi connectivity index (χ4n) is 2.74. The second-order valence-corrected chi connectivity index (χ2v) is 7.25. The minimum atomic E-state index is -0.191. The van der Waals surface area contributed by atoms with Crippen molar-refractivity contribution in [3.63, 3.8) is 0 Å². The van der Waals surface area contributed by atoms with Crippen molar-refractivity contribution < 1.29 is 9.53 Å². The molecule has 0 aliphatic carbocycles. The Morgan fingerprint density at radius 2 is 1.85 bits per heavy atom. The molecule has 1 heterocycles. The monoisotopic (exact) mass is 374 g/mol. The van der Waals surface area contributed by atoms with Crippen molar-refractivity contribution in [1.82, 2.24) is 4.98 Å². The first-order valence-electron chi connectivity index (χ1n) is 8.63. The summed E-state index contributed by atoms with van der Waals surface area (Å²) < 4.78 is 6.69. The zero-order valence-electron chi connectivity index (χ0n) is 14.8. The molecular formula is C22H18N2O2S. The summed E-state index contributed by atoms with van der Waals surface area (Å²) in [6.45, 7) is 1.96.